The Kier molecular flexibility index (Phi) is 2.93. The number of aromatic nitrogens is 2. The van der Waals surface area contributed by atoms with Crippen LogP contribution in [0.1, 0.15) is 6.92 Å². The topological polar surface area (TPSA) is 63.8 Å². The number of hydrogen-bond acceptors (Lipinski definition) is 4. The van der Waals surface area contributed by atoms with Gasteiger partial charge in [-0.1, -0.05) is 17.5 Å². The fourth-order valence-electron chi connectivity index (χ4n) is 0.773. The van der Waals surface area contributed by atoms with Gasteiger partial charge in [0.25, 0.3) is 0 Å². The summed E-state index contributed by atoms with van der Waals surface area (Å²) in [4.78, 5) is 7.61. The average molecular weight is 197 g/mol. The summed E-state index contributed by atoms with van der Waals surface area (Å²) in [7, 11) is 0. The molecule has 3 N–H and O–H groups in total. The van der Waals surface area contributed by atoms with Crippen LogP contribution in [0, 0.1) is 12.3 Å². The van der Waals surface area contributed by atoms with Crippen molar-refractivity contribution in [2.24, 2.45) is 0 Å². The van der Waals surface area contributed by atoms with E-state index < -0.39 is 0 Å². The quantitative estimate of drug-likeness (QED) is 0.550. The Hall–Kier alpha value is -1.47. The summed E-state index contributed by atoms with van der Waals surface area (Å²) in [5.41, 5.74) is 5.38. The molecule has 0 aliphatic rings. The molecule has 1 aromatic rings. The Balaban J connectivity index is 2.84. The normalized spacial score (nSPS) is 11.8. The van der Waals surface area contributed by atoms with Crippen molar-refractivity contribution in [3.05, 3.63) is 11.2 Å². The molecule has 1 aromatic heterocycles. The molecule has 0 aliphatic heterocycles. The van der Waals surface area contributed by atoms with Crippen molar-refractivity contribution in [2.75, 3.05) is 11.1 Å². The molecular weight excluding hydrogens is 188 g/mol. The molecule has 0 bridgehead atoms. The van der Waals surface area contributed by atoms with Crippen molar-refractivity contribution in [2.45, 2.75) is 13.0 Å². The van der Waals surface area contributed by atoms with Crippen molar-refractivity contribution in [3.63, 3.8) is 0 Å². The van der Waals surface area contributed by atoms with Crippen LogP contribution in [0.5, 0.6) is 0 Å². The van der Waals surface area contributed by atoms with E-state index in [0.29, 0.717) is 11.0 Å². The largest absolute Gasteiger partial charge is 0.368 e. The van der Waals surface area contributed by atoms with Gasteiger partial charge in [-0.25, -0.2) is 4.98 Å². The summed E-state index contributed by atoms with van der Waals surface area (Å²) in [6.07, 6.45) is 5.18. The van der Waals surface area contributed by atoms with Crippen molar-refractivity contribution >= 4 is 23.4 Å². The van der Waals surface area contributed by atoms with E-state index in [1.54, 1.807) is 6.07 Å². The summed E-state index contributed by atoms with van der Waals surface area (Å²) < 4.78 is 0. The third-order valence-corrected chi connectivity index (χ3v) is 1.52. The molecule has 0 radical (unpaired) electrons. The van der Waals surface area contributed by atoms with Gasteiger partial charge in [0.1, 0.15) is 11.0 Å². The van der Waals surface area contributed by atoms with Crippen LogP contribution in [0.2, 0.25) is 5.15 Å². The van der Waals surface area contributed by atoms with E-state index in [9.17, 15) is 0 Å². The molecule has 4 nitrogen and oxygen atoms in total. The highest BCUT2D eigenvalue weighted by molar-refractivity contribution is 6.29. The average Bonchev–Trinajstić information content (AvgIpc) is 2.02. The Morgan fingerprint density at radius 2 is 2.38 bits per heavy atom. The lowest BCUT2D eigenvalue weighted by molar-refractivity contribution is 1.01. The predicted molar refractivity (Wildman–Crippen MR) is 53.4 cm³/mol. The monoisotopic (exact) mass is 196 g/mol. The summed E-state index contributed by atoms with van der Waals surface area (Å²) in [6.45, 7) is 1.83. The molecule has 68 valence electrons. The van der Waals surface area contributed by atoms with Gasteiger partial charge < -0.3 is 11.1 Å². The molecule has 1 heterocycles. The third-order valence-electron chi connectivity index (χ3n) is 1.33. The van der Waals surface area contributed by atoms with Crippen molar-refractivity contribution in [1.29, 1.82) is 0 Å². The molecule has 13 heavy (non-hydrogen) atoms. The lowest BCUT2D eigenvalue weighted by atomic mass is 10.3. The molecular formula is C8H9ClN4. The van der Waals surface area contributed by atoms with Crippen molar-refractivity contribution in [1.82, 2.24) is 9.97 Å². The van der Waals surface area contributed by atoms with Gasteiger partial charge in [0.05, 0.1) is 6.04 Å². The molecule has 0 fully saturated rings. The number of nitrogens with one attached hydrogen (secondary N) is 1. The maximum Gasteiger partial charge on any atom is 0.223 e. The molecule has 1 unspecified atom stereocenters. The Morgan fingerprint density at radius 3 is 2.92 bits per heavy atom. The zero-order chi connectivity index (χ0) is 9.84. The number of terminal acetylenes is 1. The number of anilines is 2. The van der Waals surface area contributed by atoms with Crippen LogP contribution in [0.15, 0.2) is 6.07 Å². The van der Waals surface area contributed by atoms with Gasteiger partial charge in [-0.15, -0.1) is 6.42 Å². The zero-order valence-corrected chi connectivity index (χ0v) is 7.84. The van der Waals surface area contributed by atoms with Crippen LogP contribution < -0.4 is 11.1 Å². The van der Waals surface area contributed by atoms with Crippen LogP contribution in [0.3, 0.4) is 0 Å². The van der Waals surface area contributed by atoms with Crippen molar-refractivity contribution < 1.29 is 0 Å². The Morgan fingerprint density at radius 1 is 1.69 bits per heavy atom. The first-order valence-electron chi connectivity index (χ1n) is 3.64. The second kappa shape index (κ2) is 3.97. The molecule has 0 aliphatic carbocycles. The van der Waals surface area contributed by atoms with E-state index in [1.807, 2.05) is 6.92 Å². The molecule has 0 saturated heterocycles. The lowest BCUT2D eigenvalue weighted by Crippen LogP contribution is -2.14. The van der Waals surface area contributed by atoms with E-state index in [4.69, 9.17) is 23.8 Å². The van der Waals surface area contributed by atoms with Gasteiger partial charge in [0.2, 0.25) is 5.95 Å². The Bertz CT molecular complexity index is 324. The van der Waals surface area contributed by atoms with Gasteiger partial charge in [-0.05, 0) is 6.92 Å². The van der Waals surface area contributed by atoms with Crippen LogP contribution in [0.25, 0.3) is 0 Å². The second-order valence-corrected chi connectivity index (χ2v) is 2.85. The summed E-state index contributed by atoms with van der Waals surface area (Å²) >= 11 is 5.65. The smallest absolute Gasteiger partial charge is 0.223 e. The van der Waals surface area contributed by atoms with Crippen molar-refractivity contribution in [3.8, 4) is 12.3 Å². The number of nitrogens with zero attached hydrogens (tertiary/aromatic N) is 2. The molecule has 0 amide bonds. The first kappa shape index (κ1) is 9.62. The molecule has 1 rings (SSSR count). The van der Waals surface area contributed by atoms with E-state index in [0.717, 1.165) is 0 Å². The third kappa shape index (κ3) is 2.80. The minimum Gasteiger partial charge on any atom is -0.368 e. The molecule has 0 saturated carbocycles. The standard InChI is InChI=1S/C8H9ClN4/c1-3-5(2)11-7-4-6(9)12-8(10)13-7/h1,4-5H,2H3,(H3,10,11,12,13). The van der Waals surface area contributed by atoms with E-state index >= 15 is 0 Å². The predicted octanol–water partition coefficient (Wildman–Crippen LogP) is 1.15. The van der Waals surface area contributed by atoms with Crippen LogP contribution >= 0.6 is 11.6 Å². The minimum absolute atomic E-state index is 0.120. The first-order valence-corrected chi connectivity index (χ1v) is 4.02. The van der Waals surface area contributed by atoms with Gasteiger partial charge in [-0.2, -0.15) is 4.98 Å². The van der Waals surface area contributed by atoms with E-state index in [-0.39, 0.29) is 12.0 Å². The number of nitrogen functional groups attached to an aromatic ring is 1. The molecule has 1 atom stereocenters. The zero-order valence-electron chi connectivity index (χ0n) is 7.08. The fourth-order valence-corrected chi connectivity index (χ4v) is 0.963. The number of halogens is 1. The highest BCUT2D eigenvalue weighted by atomic mass is 35.5. The van der Waals surface area contributed by atoms with Gasteiger partial charge in [0.15, 0.2) is 0 Å². The lowest BCUT2D eigenvalue weighted by Gasteiger charge is -2.08. The number of hydrogen-bond donors (Lipinski definition) is 2. The number of rotatable bonds is 2. The highest BCUT2D eigenvalue weighted by Crippen LogP contribution is 2.12. The highest BCUT2D eigenvalue weighted by Gasteiger charge is 2.02. The molecule has 0 spiro atoms. The van der Waals surface area contributed by atoms with Gasteiger partial charge >= 0.3 is 0 Å². The van der Waals surface area contributed by atoms with Crippen LogP contribution in [-0.4, -0.2) is 16.0 Å². The van der Waals surface area contributed by atoms with Crippen LogP contribution in [0.4, 0.5) is 11.8 Å². The van der Waals surface area contributed by atoms with Gasteiger partial charge in [0, 0.05) is 6.07 Å². The minimum atomic E-state index is -0.120. The number of nitrogens with two attached hydrogens (primary N) is 1. The first-order chi connectivity index (χ1) is 6.11. The molecule has 0 aromatic carbocycles. The van der Waals surface area contributed by atoms with Gasteiger partial charge in [-0.3, -0.25) is 0 Å². The maximum absolute atomic E-state index is 5.65. The van der Waals surface area contributed by atoms with Crippen LogP contribution in [-0.2, 0) is 0 Å². The Labute approximate surface area is 81.5 Å². The molecule has 5 heteroatoms. The summed E-state index contributed by atoms with van der Waals surface area (Å²) in [5.74, 6) is 3.15. The maximum atomic E-state index is 5.65. The SMILES string of the molecule is C#CC(C)Nc1cc(Cl)nc(N)n1. The van der Waals surface area contributed by atoms with E-state index in [2.05, 4.69) is 21.2 Å². The summed E-state index contributed by atoms with van der Waals surface area (Å²) in [6, 6.07) is 1.44. The second-order valence-electron chi connectivity index (χ2n) is 2.47. The fraction of sp³-hybridized carbons (Fsp3) is 0.250. The summed E-state index contributed by atoms with van der Waals surface area (Å²) in [5, 5.41) is 3.21. The van der Waals surface area contributed by atoms with E-state index in [1.165, 1.54) is 0 Å².